The van der Waals surface area contributed by atoms with E-state index in [9.17, 15) is 13.2 Å². The molecular weight excluding hydrogens is 300 g/mol. The molecule has 1 saturated heterocycles. The fourth-order valence-electron chi connectivity index (χ4n) is 2.26. The molecule has 0 saturated carbocycles. The average Bonchev–Trinajstić information content (AvgIpc) is 2.89. The van der Waals surface area contributed by atoms with E-state index < -0.39 is 16.0 Å². The molecule has 1 aromatic heterocycles. The van der Waals surface area contributed by atoms with Gasteiger partial charge in [-0.05, 0) is 25.3 Å². The van der Waals surface area contributed by atoms with Gasteiger partial charge in [-0.2, -0.15) is 4.31 Å². The topological polar surface area (TPSA) is 77.9 Å². The van der Waals surface area contributed by atoms with Crippen molar-refractivity contribution in [2.75, 3.05) is 26.2 Å². The van der Waals surface area contributed by atoms with E-state index >= 15 is 0 Å². The molecule has 2 rings (SSSR count). The van der Waals surface area contributed by atoms with Crippen LogP contribution in [0, 0.1) is 0 Å². The van der Waals surface area contributed by atoms with E-state index in [4.69, 9.17) is 5.11 Å². The van der Waals surface area contributed by atoms with Gasteiger partial charge in [-0.3, -0.25) is 4.90 Å². The van der Waals surface area contributed by atoms with Crippen LogP contribution in [0.25, 0.3) is 0 Å². The van der Waals surface area contributed by atoms with Gasteiger partial charge >= 0.3 is 5.97 Å². The second kappa shape index (κ2) is 5.80. The minimum atomic E-state index is -3.71. The van der Waals surface area contributed by atoms with Crippen molar-refractivity contribution in [1.29, 1.82) is 0 Å². The van der Waals surface area contributed by atoms with Crippen molar-refractivity contribution in [1.82, 2.24) is 9.21 Å². The van der Waals surface area contributed by atoms with Crippen LogP contribution in [0.3, 0.4) is 0 Å². The molecule has 6 nitrogen and oxygen atoms in total. The minimum absolute atomic E-state index is 0.0898. The standard InChI is InChI=1S/C12H18N2O4S2/c1-9(2)13-4-6-14(7-5-13)20(17,18)10-3-8-19-11(10)12(15)16/h3,8-9H,4-7H2,1-2H3,(H,15,16). The predicted molar refractivity (Wildman–Crippen MR) is 76.7 cm³/mol. The van der Waals surface area contributed by atoms with Gasteiger partial charge in [-0.15, -0.1) is 11.3 Å². The molecule has 0 bridgehead atoms. The summed E-state index contributed by atoms with van der Waals surface area (Å²) in [7, 11) is -3.71. The third-order valence-electron chi connectivity index (χ3n) is 3.44. The van der Waals surface area contributed by atoms with E-state index in [1.54, 1.807) is 0 Å². The normalized spacial score (nSPS) is 18.6. The van der Waals surface area contributed by atoms with Crippen molar-refractivity contribution in [2.24, 2.45) is 0 Å². The third kappa shape index (κ3) is 2.88. The monoisotopic (exact) mass is 318 g/mol. The van der Waals surface area contributed by atoms with Crippen LogP contribution in [0.5, 0.6) is 0 Å². The lowest BCUT2D eigenvalue weighted by Crippen LogP contribution is -2.50. The molecule has 1 fully saturated rings. The maximum Gasteiger partial charge on any atom is 0.347 e. The molecule has 0 atom stereocenters. The molecule has 1 aromatic rings. The average molecular weight is 318 g/mol. The summed E-state index contributed by atoms with van der Waals surface area (Å²) in [5.41, 5.74) is 0. The number of carboxylic acid groups (broad SMARTS) is 1. The molecule has 0 amide bonds. The van der Waals surface area contributed by atoms with Crippen molar-refractivity contribution in [3.05, 3.63) is 16.3 Å². The summed E-state index contributed by atoms with van der Waals surface area (Å²) in [5, 5.41) is 10.6. The number of rotatable bonds is 4. The van der Waals surface area contributed by atoms with Crippen molar-refractivity contribution in [3.8, 4) is 0 Å². The van der Waals surface area contributed by atoms with E-state index in [1.807, 2.05) is 0 Å². The molecule has 1 aliphatic heterocycles. The van der Waals surface area contributed by atoms with Gasteiger partial charge in [0.15, 0.2) is 0 Å². The Hall–Kier alpha value is -0.960. The molecule has 0 spiro atoms. The Balaban J connectivity index is 2.20. The lowest BCUT2D eigenvalue weighted by molar-refractivity contribution is 0.0698. The number of carboxylic acids is 1. The Bertz CT molecular complexity index is 586. The van der Waals surface area contributed by atoms with Gasteiger partial charge in [0.1, 0.15) is 9.77 Å². The number of hydrogen-bond donors (Lipinski definition) is 1. The summed E-state index contributed by atoms with van der Waals surface area (Å²) in [6.07, 6.45) is 0. The van der Waals surface area contributed by atoms with Crippen LogP contribution in [0.2, 0.25) is 0 Å². The number of aromatic carboxylic acids is 1. The first-order valence-electron chi connectivity index (χ1n) is 6.39. The van der Waals surface area contributed by atoms with Crippen LogP contribution < -0.4 is 0 Å². The van der Waals surface area contributed by atoms with Crippen LogP contribution in [-0.2, 0) is 10.0 Å². The summed E-state index contributed by atoms with van der Waals surface area (Å²) in [4.78, 5) is 13.1. The van der Waals surface area contributed by atoms with Crippen molar-refractivity contribution in [3.63, 3.8) is 0 Å². The summed E-state index contributed by atoms with van der Waals surface area (Å²) in [6, 6.07) is 1.76. The number of nitrogens with zero attached hydrogens (tertiary/aromatic N) is 2. The summed E-state index contributed by atoms with van der Waals surface area (Å²) < 4.78 is 26.4. The Morgan fingerprint density at radius 3 is 2.40 bits per heavy atom. The fraction of sp³-hybridized carbons (Fsp3) is 0.583. The molecule has 8 heteroatoms. The quantitative estimate of drug-likeness (QED) is 0.901. The third-order valence-corrected chi connectivity index (χ3v) is 6.42. The highest BCUT2D eigenvalue weighted by Gasteiger charge is 2.32. The number of hydrogen-bond acceptors (Lipinski definition) is 5. The number of carbonyl (C=O) groups is 1. The summed E-state index contributed by atoms with van der Waals surface area (Å²) in [5.74, 6) is -1.20. The van der Waals surface area contributed by atoms with Gasteiger partial charge in [0.05, 0.1) is 0 Å². The van der Waals surface area contributed by atoms with Gasteiger partial charge < -0.3 is 5.11 Å². The van der Waals surface area contributed by atoms with Crippen LogP contribution in [0.4, 0.5) is 0 Å². The van der Waals surface area contributed by atoms with E-state index in [0.717, 1.165) is 11.3 Å². The van der Waals surface area contributed by atoms with Gasteiger partial charge in [0, 0.05) is 32.2 Å². The largest absolute Gasteiger partial charge is 0.477 e. The van der Waals surface area contributed by atoms with Gasteiger partial charge in [0.25, 0.3) is 0 Å². The van der Waals surface area contributed by atoms with E-state index in [0.29, 0.717) is 32.2 Å². The maximum absolute atomic E-state index is 12.5. The molecule has 112 valence electrons. The first kappa shape index (κ1) is 15.4. The number of thiophene rings is 1. The Labute approximate surface area is 122 Å². The Kier molecular flexibility index (Phi) is 4.48. The lowest BCUT2D eigenvalue weighted by atomic mass is 10.3. The zero-order valence-electron chi connectivity index (χ0n) is 11.4. The Morgan fingerprint density at radius 2 is 1.90 bits per heavy atom. The molecule has 1 aliphatic rings. The summed E-state index contributed by atoms with van der Waals surface area (Å²) >= 11 is 0.938. The van der Waals surface area contributed by atoms with Crippen molar-refractivity contribution < 1.29 is 18.3 Å². The lowest BCUT2D eigenvalue weighted by Gasteiger charge is -2.36. The smallest absolute Gasteiger partial charge is 0.347 e. The van der Waals surface area contributed by atoms with Crippen LogP contribution >= 0.6 is 11.3 Å². The second-order valence-electron chi connectivity index (χ2n) is 4.95. The zero-order chi connectivity index (χ0) is 14.9. The zero-order valence-corrected chi connectivity index (χ0v) is 13.1. The van der Waals surface area contributed by atoms with E-state index in [2.05, 4.69) is 18.7 Å². The molecule has 0 unspecified atom stereocenters. The first-order valence-corrected chi connectivity index (χ1v) is 8.71. The van der Waals surface area contributed by atoms with Gasteiger partial charge in [0.2, 0.25) is 10.0 Å². The van der Waals surface area contributed by atoms with Crippen LogP contribution in [0.15, 0.2) is 16.3 Å². The Morgan fingerprint density at radius 1 is 1.30 bits per heavy atom. The minimum Gasteiger partial charge on any atom is -0.477 e. The number of sulfonamides is 1. The van der Waals surface area contributed by atoms with Crippen LogP contribution in [-0.4, -0.2) is 60.9 Å². The first-order chi connectivity index (χ1) is 9.34. The molecule has 0 aliphatic carbocycles. The number of piperazine rings is 1. The predicted octanol–water partition coefficient (Wildman–Crippen LogP) is 1.16. The molecule has 0 aromatic carbocycles. The molecular formula is C12H18N2O4S2. The molecule has 20 heavy (non-hydrogen) atoms. The molecule has 2 heterocycles. The molecule has 0 radical (unpaired) electrons. The van der Waals surface area contributed by atoms with Crippen LogP contribution in [0.1, 0.15) is 23.5 Å². The van der Waals surface area contributed by atoms with Crippen molar-refractivity contribution in [2.45, 2.75) is 24.8 Å². The maximum atomic E-state index is 12.5. The highest BCUT2D eigenvalue weighted by atomic mass is 32.2. The highest BCUT2D eigenvalue weighted by molar-refractivity contribution is 7.89. The van der Waals surface area contributed by atoms with E-state index in [-0.39, 0.29) is 9.77 Å². The van der Waals surface area contributed by atoms with E-state index in [1.165, 1.54) is 15.8 Å². The second-order valence-corrected chi connectivity index (χ2v) is 7.78. The fourth-order valence-corrected chi connectivity index (χ4v) is 4.91. The van der Waals surface area contributed by atoms with Gasteiger partial charge in [-0.1, -0.05) is 0 Å². The SMILES string of the molecule is CC(C)N1CCN(S(=O)(=O)c2ccsc2C(=O)O)CC1. The van der Waals surface area contributed by atoms with Crippen molar-refractivity contribution >= 4 is 27.3 Å². The highest BCUT2D eigenvalue weighted by Crippen LogP contribution is 2.26. The molecule has 1 N–H and O–H groups in total. The summed E-state index contributed by atoms with van der Waals surface area (Å²) in [6.45, 7) is 6.29. The van der Waals surface area contributed by atoms with Gasteiger partial charge in [-0.25, -0.2) is 13.2 Å².